The van der Waals surface area contributed by atoms with Crippen molar-refractivity contribution in [3.8, 4) is 11.3 Å². The summed E-state index contributed by atoms with van der Waals surface area (Å²) < 4.78 is 31.5. The maximum atomic E-state index is 13.4. The zero-order chi connectivity index (χ0) is 11.7. The summed E-state index contributed by atoms with van der Waals surface area (Å²) in [7, 11) is 0. The lowest BCUT2D eigenvalue weighted by Crippen LogP contribution is -1.94. The van der Waals surface area contributed by atoms with Gasteiger partial charge in [0.05, 0.1) is 0 Å². The van der Waals surface area contributed by atoms with E-state index < -0.39 is 11.6 Å². The fraction of sp³-hybridized carbons (Fsp3) is 0.250. The topological polar surface area (TPSA) is 26.0 Å². The number of benzene rings is 1. The third kappa shape index (κ3) is 1.60. The van der Waals surface area contributed by atoms with E-state index >= 15 is 0 Å². The van der Waals surface area contributed by atoms with E-state index in [1.807, 2.05) is 6.92 Å². The Hall–Kier alpha value is -1.71. The first-order valence-corrected chi connectivity index (χ1v) is 5.02. The number of hydrogen-bond donors (Lipinski definition) is 0. The Bertz CT molecular complexity index is 520. The van der Waals surface area contributed by atoms with Gasteiger partial charge >= 0.3 is 0 Å². The van der Waals surface area contributed by atoms with E-state index in [1.54, 1.807) is 0 Å². The molecule has 4 heteroatoms. The van der Waals surface area contributed by atoms with Gasteiger partial charge in [-0.2, -0.15) is 0 Å². The Balaban J connectivity index is 2.61. The number of halogens is 2. The second kappa shape index (κ2) is 4.04. The molecule has 0 aliphatic rings. The number of hydrogen-bond acceptors (Lipinski definition) is 2. The SMILES string of the molecule is CCc1ocnc1-c1ccc(F)c(F)c1C. The molecule has 0 saturated carbocycles. The predicted molar refractivity (Wildman–Crippen MR) is 56.0 cm³/mol. The predicted octanol–water partition coefficient (Wildman–Crippen LogP) is 3.49. The van der Waals surface area contributed by atoms with Crippen LogP contribution in [0, 0.1) is 18.6 Å². The van der Waals surface area contributed by atoms with Gasteiger partial charge in [-0.05, 0) is 24.6 Å². The van der Waals surface area contributed by atoms with Crippen LogP contribution >= 0.6 is 0 Å². The first-order valence-electron chi connectivity index (χ1n) is 5.02. The molecular weight excluding hydrogens is 212 g/mol. The molecule has 0 amide bonds. The summed E-state index contributed by atoms with van der Waals surface area (Å²) >= 11 is 0. The third-order valence-corrected chi connectivity index (χ3v) is 2.56. The van der Waals surface area contributed by atoms with Gasteiger partial charge in [0.25, 0.3) is 0 Å². The van der Waals surface area contributed by atoms with Gasteiger partial charge in [0.2, 0.25) is 0 Å². The van der Waals surface area contributed by atoms with Gasteiger partial charge in [-0.25, -0.2) is 13.8 Å². The molecule has 0 N–H and O–H groups in total. The maximum Gasteiger partial charge on any atom is 0.181 e. The highest BCUT2D eigenvalue weighted by molar-refractivity contribution is 5.65. The Morgan fingerprint density at radius 2 is 2.06 bits per heavy atom. The minimum atomic E-state index is -0.845. The Kier molecular flexibility index (Phi) is 2.73. The highest BCUT2D eigenvalue weighted by atomic mass is 19.2. The highest BCUT2D eigenvalue weighted by Gasteiger charge is 2.15. The van der Waals surface area contributed by atoms with E-state index in [0.717, 1.165) is 6.07 Å². The average Bonchev–Trinajstić information content (AvgIpc) is 2.74. The Morgan fingerprint density at radius 1 is 1.31 bits per heavy atom. The molecule has 0 radical (unpaired) electrons. The van der Waals surface area contributed by atoms with Crippen LogP contribution in [0.25, 0.3) is 11.3 Å². The largest absolute Gasteiger partial charge is 0.448 e. The van der Waals surface area contributed by atoms with Crippen LogP contribution in [-0.2, 0) is 6.42 Å². The summed E-state index contributed by atoms with van der Waals surface area (Å²) in [4.78, 5) is 4.03. The third-order valence-electron chi connectivity index (χ3n) is 2.56. The van der Waals surface area contributed by atoms with Crippen molar-refractivity contribution in [1.29, 1.82) is 0 Å². The summed E-state index contributed by atoms with van der Waals surface area (Å²) in [6, 6.07) is 2.62. The molecule has 2 rings (SSSR count). The van der Waals surface area contributed by atoms with Crippen molar-refractivity contribution >= 4 is 0 Å². The zero-order valence-corrected chi connectivity index (χ0v) is 9.05. The Labute approximate surface area is 91.9 Å². The van der Waals surface area contributed by atoms with E-state index in [2.05, 4.69) is 4.98 Å². The second-order valence-electron chi connectivity index (χ2n) is 3.51. The fourth-order valence-electron chi connectivity index (χ4n) is 1.65. The number of aromatic nitrogens is 1. The van der Waals surface area contributed by atoms with E-state index in [4.69, 9.17) is 4.42 Å². The normalized spacial score (nSPS) is 10.8. The molecule has 0 aliphatic heterocycles. The van der Waals surface area contributed by atoms with Crippen molar-refractivity contribution in [2.75, 3.05) is 0 Å². The van der Waals surface area contributed by atoms with Gasteiger partial charge in [0.1, 0.15) is 11.5 Å². The molecule has 1 aromatic carbocycles. The van der Waals surface area contributed by atoms with E-state index in [9.17, 15) is 8.78 Å². The molecule has 0 atom stereocenters. The first kappa shape index (κ1) is 10.8. The first-order chi connectivity index (χ1) is 7.65. The number of rotatable bonds is 2. The summed E-state index contributed by atoms with van der Waals surface area (Å²) in [6.45, 7) is 3.45. The molecular formula is C12H11F2NO. The molecule has 2 aromatic rings. The fourth-order valence-corrected chi connectivity index (χ4v) is 1.65. The quantitative estimate of drug-likeness (QED) is 0.778. The number of aryl methyl sites for hydroxylation is 1. The second-order valence-corrected chi connectivity index (χ2v) is 3.51. The van der Waals surface area contributed by atoms with E-state index in [1.165, 1.54) is 19.4 Å². The van der Waals surface area contributed by atoms with Crippen LogP contribution in [0.5, 0.6) is 0 Å². The monoisotopic (exact) mass is 223 g/mol. The molecule has 84 valence electrons. The molecule has 0 aliphatic carbocycles. The van der Waals surface area contributed by atoms with Crippen LogP contribution in [0.1, 0.15) is 18.2 Å². The van der Waals surface area contributed by atoms with Crippen LogP contribution in [0.4, 0.5) is 8.78 Å². The summed E-state index contributed by atoms with van der Waals surface area (Å²) in [5, 5.41) is 0. The van der Waals surface area contributed by atoms with Crippen LogP contribution in [0.2, 0.25) is 0 Å². The smallest absolute Gasteiger partial charge is 0.181 e. The van der Waals surface area contributed by atoms with Crippen molar-refractivity contribution in [1.82, 2.24) is 4.98 Å². The van der Waals surface area contributed by atoms with Crippen molar-refractivity contribution in [3.63, 3.8) is 0 Å². The molecule has 0 spiro atoms. The summed E-state index contributed by atoms with van der Waals surface area (Å²) in [6.07, 6.45) is 1.97. The van der Waals surface area contributed by atoms with Gasteiger partial charge in [-0.15, -0.1) is 0 Å². The highest BCUT2D eigenvalue weighted by Crippen LogP contribution is 2.28. The molecule has 0 fully saturated rings. The molecule has 1 heterocycles. The van der Waals surface area contributed by atoms with Gasteiger partial charge in [0, 0.05) is 12.0 Å². The lowest BCUT2D eigenvalue weighted by atomic mass is 10.0. The van der Waals surface area contributed by atoms with Crippen LogP contribution in [0.15, 0.2) is 22.9 Å². The molecule has 0 saturated heterocycles. The van der Waals surface area contributed by atoms with Crippen molar-refractivity contribution in [2.24, 2.45) is 0 Å². The van der Waals surface area contributed by atoms with E-state index in [0.29, 0.717) is 23.4 Å². The molecule has 0 bridgehead atoms. The van der Waals surface area contributed by atoms with Gasteiger partial charge in [-0.3, -0.25) is 0 Å². The Morgan fingerprint density at radius 3 is 2.75 bits per heavy atom. The van der Waals surface area contributed by atoms with Gasteiger partial charge in [0.15, 0.2) is 18.0 Å². The van der Waals surface area contributed by atoms with E-state index in [-0.39, 0.29) is 5.56 Å². The maximum absolute atomic E-state index is 13.4. The lowest BCUT2D eigenvalue weighted by molar-refractivity contribution is 0.503. The lowest BCUT2D eigenvalue weighted by Gasteiger charge is -2.05. The van der Waals surface area contributed by atoms with Crippen molar-refractivity contribution < 1.29 is 13.2 Å². The number of nitrogens with zero attached hydrogens (tertiary/aromatic N) is 1. The van der Waals surface area contributed by atoms with Crippen molar-refractivity contribution in [2.45, 2.75) is 20.3 Å². The van der Waals surface area contributed by atoms with Gasteiger partial charge < -0.3 is 4.42 Å². The summed E-state index contributed by atoms with van der Waals surface area (Å²) in [5.41, 5.74) is 1.41. The average molecular weight is 223 g/mol. The molecule has 2 nitrogen and oxygen atoms in total. The molecule has 1 aromatic heterocycles. The zero-order valence-electron chi connectivity index (χ0n) is 9.05. The minimum Gasteiger partial charge on any atom is -0.448 e. The van der Waals surface area contributed by atoms with Crippen LogP contribution in [0.3, 0.4) is 0 Å². The minimum absolute atomic E-state index is 0.253. The van der Waals surface area contributed by atoms with Crippen LogP contribution in [-0.4, -0.2) is 4.98 Å². The molecule has 0 unspecified atom stereocenters. The summed E-state index contributed by atoms with van der Waals surface area (Å²) in [5.74, 6) is -1.00. The van der Waals surface area contributed by atoms with Gasteiger partial charge in [-0.1, -0.05) is 6.92 Å². The number of oxazole rings is 1. The molecule has 16 heavy (non-hydrogen) atoms. The van der Waals surface area contributed by atoms with Crippen LogP contribution < -0.4 is 0 Å². The van der Waals surface area contributed by atoms with Crippen molar-refractivity contribution in [3.05, 3.63) is 41.5 Å². The standard InChI is InChI=1S/C12H11F2NO/c1-3-10-12(15-6-16-10)8-4-5-9(13)11(14)7(8)2/h4-6H,3H2,1-2H3.